The van der Waals surface area contributed by atoms with Crippen LogP contribution >= 0.6 is 0 Å². The van der Waals surface area contributed by atoms with Crippen LogP contribution in [0.3, 0.4) is 0 Å². The fourth-order valence-electron chi connectivity index (χ4n) is 0.811. The van der Waals surface area contributed by atoms with Gasteiger partial charge < -0.3 is 24.1 Å². The van der Waals surface area contributed by atoms with Gasteiger partial charge in [0.05, 0.1) is 6.42 Å². The van der Waals surface area contributed by atoms with E-state index < -0.39 is 18.2 Å². The van der Waals surface area contributed by atoms with Gasteiger partial charge in [-0.2, -0.15) is 0 Å². The third-order valence-electron chi connectivity index (χ3n) is 1.74. The lowest BCUT2D eigenvalue weighted by molar-refractivity contribution is -0.359. The molecule has 15 heavy (non-hydrogen) atoms. The predicted molar refractivity (Wildman–Crippen MR) is 50.7 cm³/mol. The van der Waals surface area contributed by atoms with Crippen LogP contribution in [0.25, 0.3) is 0 Å². The number of methoxy groups -OCH3 is 3. The predicted octanol–water partition coefficient (Wildman–Crippen LogP) is 0.0171. The molecule has 6 heteroatoms. The van der Waals surface area contributed by atoms with E-state index in [1.807, 2.05) is 0 Å². The average Bonchev–Trinajstić information content (AvgIpc) is 2.27. The Hall–Kier alpha value is -0.950. The molecular formula is C9H16O6. The van der Waals surface area contributed by atoms with Crippen molar-refractivity contribution in [1.29, 1.82) is 0 Å². The molecule has 0 amide bonds. The third-order valence-corrected chi connectivity index (χ3v) is 1.74. The number of ether oxygens (including phenoxy) is 4. The molecule has 0 aromatic heterocycles. The largest absolute Gasteiger partial charge is 0.432 e. The van der Waals surface area contributed by atoms with Crippen LogP contribution in [0.4, 0.5) is 0 Å². The van der Waals surface area contributed by atoms with Crippen LogP contribution < -0.4 is 0 Å². The molecule has 1 N–H and O–H groups in total. The zero-order valence-electron chi connectivity index (χ0n) is 9.06. The summed E-state index contributed by atoms with van der Waals surface area (Å²) in [5.41, 5.74) is 0. The second-order valence-electron chi connectivity index (χ2n) is 2.63. The van der Waals surface area contributed by atoms with E-state index in [0.29, 0.717) is 0 Å². The minimum Gasteiger partial charge on any atom is -0.432 e. The highest BCUT2D eigenvalue weighted by molar-refractivity contribution is 5.81. The molecule has 0 aliphatic carbocycles. The van der Waals surface area contributed by atoms with Crippen molar-refractivity contribution in [2.24, 2.45) is 0 Å². The van der Waals surface area contributed by atoms with Crippen molar-refractivity contribution in [3.63, 3.8) is 0 Å². The second kappa shape index (κ2) is 6.52. The third kappa shape index (κ3) is 4.89. The zero-order valence-corrected chi connectivity index (χ0v) is 9.06. The first-order chi connectivity index (χ1) is 7.01. The highest BCUT2D eigenvalue weighted by Gasteiger charge is 2.32. The number of rotatable bonds is 7. The summed E-state index contributed by atoms with van der Waals surface area (Å²) >= 11 is 0. The van der Waals surface area contributed by atoms with Gasteiger partial charge in [-0.3, -0.25) is 0 Å². The fraction of sp³-hybridized carbons (Fsp3) is 0.667. The zero-order chi connectivity index (χ0) is 11.9. The molecule has 6 nitrogen and oxygen atoms in total. The van der Waals surface area contributed by atoms with E-state index in [4.69, 9.17) is 9.47 Å². The molecule has 0 saturated heterocycles. The first kappa shape index (κ1) is 14.1. The van der Waals surface area contributed by atoms with E-state index in [2.05, 4.69) is 16.1 Å². The van der Waals surface area contributed by atoms with Crippen molar-refractivity contribution < 1.29 is 28.8 Å². The molecule has 0 heterocycles. The van der Waals surface area contributed by atoms with Crippen molar-refractivity contribution in [2.75, 3.05) is 21.3 Å². The average molecular weight is 220 g/mol. The summed E-state index contributed by atoms with van der Waals surface area (Å²) in [6, 6.07) is 0. The van der Waals surface area contributed by atoms with E-state index in [9.17, 15) is 9.90 Å². The molecule has 0 fully saturated rings. The number of esters is 1. The molecule has 88 valence electrons. The second-order valence-corrected chi connectivity index (χ2v) is 2.63. The molecule has 0 saturated carbocycles. The number of carbonyl (C=O) groups is 1. The molecule has 0 rings (SSSR count). The van der Waals surface area contributed by atoms with Crippen LogP contribution in [-0.4, -0.2) is 44.7 Å². The maximum Gasteiger partial charge on any atom is 0.332 e. The molecule has 0 bridgehead atoms. The van der Waals surface area contributed by atoms with Crippen molar-refractivity contribution in [3.05, 3.63) is 12.7 Å². The molecule has 0 spiro atoms. The van der Waals surface area contributed by atoms with Gasteiger partial charge in [0.15, 0.2) is 0 Å². The van der Waals surface area contributed by atoms with Crippen molar-refractivity contribution in [1.82, 2.24) is 0 Å². The summed E-state index contributed by atoms with van der Waals surface area (Å²) in [6.45, 7) is 3.23. The standard InChI is InChI=1S/C9H16O6/c1-5-7(10)15-8(12-2)6-9(11,13-3)14-4/h5,8,11H,1,6H2,2-4H3. The Morgan fingerprint density at radius 1 is 1.47 bits per heavy atom. The van der Waals surface area contributed by atoms with Crippen LogP contribution in [0, 0.1) is 0 Å². The monoisotopic (exact) mass is 220 g/mol. The lowest BCUT2D eigenvalue weighted by Gasteiger charge is -2.27. The van der Waals surface area contributed by atoms with Crippen LogP contribution in [0.2, 0.25) is 0 Å². The lowest BCUT2D eigenvalue weighted by atomic mass is 10.3. The fourth-order valence-corrected chi connectivity index (χ4v) is 0.811. The molecule has 1 unspecified atom stereocenters. The van der Waals surface area contributed by atoms with Gasteiger partial charge in [-0.05, 0) is 0 Å². The van der Waals surface area contributed by atoms with Crippen LogP contribution in [0.1, 0.15) is 6.42 Å². The summed E-state index contributed by atoms with van der Waals surface area (Å²) in [5, 5.41) is 9.57. The van der Waals surface area contributed by atoms with E-state index in [-0.39, 0.29) is 6.42 Å². The molecule has 0 radical (unpaired) electrons. The Morgan fingerprint density at radius 3 is 2.33 bits per heavy atom. The minimum atomic E-state index is -1.85. The molecule has 0 aromatic carbocycles. The highest BCUT2D eigenvalue weighted by Crippen LogP contribution is 2.17. The van der Waals surface area contributed by atoms with E-state index in [1.54, 1.807) is 0 Å². The number of carbonyl (C=O) groups excluding carboxylic acids is 1. The van der Waals surface area contributed by atoms with Gasteiger partial charge in [0.2, 0.25) is 6.29 Å². The Kier molecular flexibility index (Phi) is 6.11. The Bertz CT molecular complexity index is 211. The Balaban J connectivity index is 4.30. The molecule has 0 aromatic rings. The normalized spacial score (nSPS) is 13.3. The maximum absolute atomic E-state index is 10.9. The smallest absolute Gasteiger partial charge is 0.332 e. The highest BCUT2D eigenvalue weighted by atomic mass is 16.8. The molecule has 0 aliphatic rings. The number of hydrogen-bond acceptors (Lipinski definition) is 6. The first-order valence-corrected chi connectivity index (χ1v) is 4.19. The number of hydrogen-bond donors (Lipinski definition) is 1. The van der Waals surface area contributed by atoms with Gasteiger partial charge in [0, 0.05) is 27.4 Å². The van der Waals surface area contributed by atoms with Crippen LogP contribution in [0.5, 0.6) is 0 Å². The van der Waals surface area contributed by atoms with Crippen molar-refractivity contribution >= 4 is 5.97 Å². The van der Waals surface area contributed by atoms with Crippen molar-refractivity contribution in [2.45, 2.75) is 18.7 Å². The first-order valence-electron chi connectivity index (χ1n) is 4.19. The lowest BCUT2D eigenvalue weighted by Crippen LogP contribution is -2.39. The van der Waals surface area contributed by atoms with E-state index >= 15 is 0 Å². The molecule has 1 atom stereocenters. The summed E-state index contributed by atoms with van der Waals surface area (Å²) in [6.07, 6.45) is -0.152. The summed E-state index contributed by atoms with van der Waals surface area (Å²) in [7, 11) is 3.84. The van der Waals surface area contributed by atoms with E-state index in [0.717, 1.165) is 6.08 Å². The quantitative estimate of drug-likeness (QED) is 0.370. The maximum atomic E-state index is 10.9. The topological polar surface area (TPSA) is 74.2 Å². The Labute approximate surface area is 88.4 Å². The van der Waals surface area contributed by atoms with Crippen LogP contribution in [-0.2, 0) is 23.7 Å². The van der Waals surface area contributed by atoms with Gasteiger partial charge in [0.1, 0.15) is 0 Å². The van der Waals surface area contributed by atoms with E-state index in [1.165, 1.54) is 21.3 Å². The van der Waals surface area contributed by atoms with Gasteiger partial charge in [-0.15, -0.1) is 0 Å². The SMILES string of the molecule is C=CC(=O)OC(CC(O)(OC)OC)OC. The molecular weight excluding hydrogens is 204 g/mol. The van der Waals surface area contributed by atoms with Gasteiger partial charge in [-0.25, -0.2) is 4.79 Å². The van der Waals surface area contributed by atoms with Gasteiger partial charge >= 0.3 is 5.97 Å². The summed E-state index contributed by atoms with van der Waals surface area (Å²) in [5.74, 6) is -2.50. The minimum absolute atomic E-state index is 0.171. The van der Waals surface area contributed by atoms with Crippen LogP contribution in [0.15, 0.2) is 12.7 Å². The summed E-state index contributed by atoms with van der Waals surface area (Å²) in [4.78, 5) is 10.9. The van der Waals surface area contributed by atoms with Gasteiger partial charge in [-0.1, -0.05) is 6.58 Å². The van der Waals surface area contributed by atoms with Crippen molar-refractivity contribution in [3.8, 4) is 0 Å². The molecule has 0 aliphatic heterocycles. The van der Waals surface area contributed by atoms with Gasteiger partial charge in [0.25, 0.3) is 5.97 Å². The summed E-state index contributed by atoms with van der Waals surface area (Å²) < 4.78 is 18.9. The Morgan fingerprint density at radius 2 is 2.00 bits per heavy atom. The number of aliphatic hydroxyl groups is 1.